The molecular formula is C18H20Cl3N2O+. The van der Waals surface area contributed by atoms with Crippen LogP contribution in [0.15, 0.2) is 60.7 Å². The third-order valence-corrected chi connectivity index (χ3v) is 4.26. The monoisotopic (exact) mass is 385 g/mol. The van der Waals surface area contributed by atoms with E-state index in [0.29, 0.717) is 6.54 Å². The molecule has 0 heterocycles. The molecule has 0 spiro atoms. The highest BCUT2D eigenvalue weighted by atomic mass is 35.6. The highest BCUT2D eigenvalue weighted by Crippen LogP contribution is 2.27. The molecule has 3 N–H and O–H groups in total. The molecular weight excluding hydrogens is 367 g/mol. The number of hydrogen-bond donors (Lipinski definition) is 2. The number of amides is 1. The summed E-state index contributed by atoms with van der Waals surface area (Å²) in [5.74, 6) is -0.173. The molecule has 0 aliphatic heterocycles. The van der Waals surface area contributed by atoms with Gasteiger partial charge in [-0.3, -0.25) is 4.79 Å². The zero-order chi connectivity index (χ0) is 17.4. The Morgan fingerprint density at radius 3 is 2.04 bits per heavy atom. The molecule has 1 atom stereocenters. The van der Waals surface area contributed by atoms with Crippen LogP contribution in [0, 0.1) is 0 Å². The summed E-state index contributed by atoms with van der Waals surface area (Å²) in [6.45, 7) is 0.703. The van der Waals surface area contributed by atoms with Crippen molar-refractivity contribution in [1.82, 2.24) is 5.32 Å². The van der Waals surface area contributed by atoms with E-state index in [4.69, 9.17) is 34.8 Å². The quantitative estimate of drug-likeness (QED) is 0.558. The van der Waals surface area contributed by atoms with Gasteiger partial charge in [0.05, 0.1) is 13.0 Å². The van der Waals surface area contributed by atoms with Gasteiger partial charge in [-0.05, 0) is 11.1 Å². The van der Waals surface area contributed by atoms with Gasteiger partial charge < -0.3 is 10.6 Å². The minimum atomic E-state index is -1.58. The number of benzene rings is 2. The summed E-state index contributed by atoms with van der Waals surface area (Å²) in [6, 6.07) is 19.5. The molecule has 0 saturated heterocycles. The molecule has 0 aromatic heterocycles. The minimum absolute atomic E-state index is 0.173. The molecule has 0 aliphatic rings. The van der Waals surface area contributed by atoms with Crippen LogP contribution in [-0.4, -0.2) is 22.4 Å². The molecule has 24 heavy (non-hydrogen) atoms. The summed E-state index contributed by atoms with van der Waals surface area (Å²) in [5, 5.41) is 4.65. The van der Waals surface area contributed by atoms with Crippen LogP contribution in [0.4, 0.5) is 0 Å². The first-order valence-corrected chi connectivity index (χ1v) is 8.86. The van der Waals surface area contributed by atoms with Crippen LogP contribution in [0.1, 0.15) is 11.1 Å². The maximum absolute atomic E-state index is 12.2. The number of halogens is 3. The number of nitrogens with one attached hydrogen (secondary N) is 1. The first kappa shape index (κ1) is 19.1. The third kappa shape index (κ3) is 6.70. The van der Waals surface area contributed by atoms with Crippen molar-refractivity contribution in [1.29, 1.82) is 0 Å². The maximum atomic E-state index is 12.2. The lowest BCUT2D eigenvalue weighted by Gasteiger charge is -2.23. The summed E-state index contributed by atoms with van der Waals surface area (Å²) >= 11 is 18.0. The lowest BCUT2D eigenvalue weighted by molar-refractivity contribution is -0.691. The van der Waals surface area contributed by atoms with Crippen LogP contribution in [-0.2, 0) is 17.6 Å². The normalized spacial score (nSPS) is 12.6. The molecule has 0 aliphatic carbocycles. The van der Waals surface area contributed by atoms with E-state index in [1.54, 1.807) is 0 Å². The van der Waals surface area contributed by atoms with E-state index in [0.717, 1.165) is 12.0 Å². The Balaban J connectivity index is 1.87. The van der Waals surface area contributed by atoms with Gasteiger partial charge in [0.2, 0.25) is 12.1 Å². The lowest BCUT2D eigenvalue weighted by Crippen LogP contribution is -2.97. The molecule has 0 saturated carbocycles. The standard InChI is InChI=1S/C18H19Cl3N2O/c19-18(20,21)17(22-12-11-14-7-3-1-4-8-14)23-16(24)13-15-9-5-2-6-10-15/h1-10,17,22H,11-13H2,(H,23,24)/p+1/t17-/m0/s1. The van der Waals surface area contributed by atoms with Crippen molar-refractivity contribution in [3.05, 3.63) is 71.8 Å². The van der Waals surface area contributed by atoms with E-state index in [2.05, 4.69) is 5.32 Å². The Hall–Kier alpha value is -1.26. The van der Waals surface area contributed by atoms with Crippen molar-refractivity contribution in [2.45, 2.75) is 22.8 Å². The van der Waals surface area contributed by atoms with E-state index < -0.39 is 9.96 Å². The van der Waals surface area contributed by atoms with Gasteiger partial charge in [0.1, 0.15) is 0 Å². The molecule has 0 bridgehead atoms. The van der Waals surface area contributed by atoms with Crippen LogP contribution in [0.5, 0.6) is 0 Å². The first-order chi connectivity index (χ1) is 11.4. The molecule has 3 nitrogen and oxygen atoms in total. The number of carbonyl (C=O) groups excluding carboxylic acids is 1. The van der Waals surface area contributed by atoms with Gasteiger partial charge in [0.25, 0.3) is 3.79 Å². The Kier molecular flexibility index (Phi) is 7.38. The van der Waals surface area contributed by atoms with Gasteiger partial charge in [-0.25, -0.2) is 0 Å². The Labute approximate surface area is 157 Å². The first-order valence-electron chi connectivity index (χ1n) is 7.72. The SMILES string of the molecule is O=C(Cc1ccccc1)N[C@H]([NH2+]CCc1ccccc1)C(Cl)(Cl)Cl. The third-order valence-electron chi connectivity index (χ3n) is 3.55. The fourth-order valence-corrected chi connectivity index (χ4v) is 2.77. The van der Waals surface area contributed by atoms with Crippen LogP contribution >= 0.6 is 34.8 Å². The topological polar surface area (TPSA) is 45.7 Å². The molecule has 2 aromatic carbocycles. The van der Waals surface area contributed by atoms with Crippen molar-refractivity contribution in [3.63, 3.8) is 0 Å². The number of rotatable bonds is 7. The average molecular weight is 387 g/mol. The summed E-state index contributed by atoms with van der Waals surface area (Å²) in [6.07, 6.45) is 0.444. The predicted molar refractivity (Wildman–Crippen MR) is 99.3 cm³/mol. The Morgan fingerprint density at radius 2 is 1.50 bits per heavy atom. The number of hydrogen-bond acceptors (Lipinski definition) is 1. The molecule has 0 radical (unpaired) electrons. The van der Waals surface area contributed by atoms with E-state index >= 15 is 0 Å². The van der Waals surface area contributed by atoms with Gasteiger partial charge in [0.15, 0.2) is 0 Å². The Morgan fingerprint density at radius 1 is 0.958 bits per heavy atom. The fraction of sp³-hybridized carbons (Fsp3) is 0.278. The van der Waals surface area contributed by atoms with Crippen molar-refractivity contribution in [3.8, 4) is 0 Å². The highest BCUT2D eigenvalue weighted by Gasteiger charge is 2.37. The fourth-order valence-electron chi connectivity index (χ4n) is 2.34. The van der Waals surface area contributed by atoms with E-state index in [-0.39, 0.29) is 12.3 Å². The van der Waals surface area contributed by atoms with E-state index in [1.807, 2.05) is 66.0 Å². The second-order valence-electron chi connectivity index (χ2n) is 5.51. The average Bonchev–Trinajstić information content (AvgIpc) is 2.55. The van der Waals surface area contributed by atoms with Crippen molar-refractivity contribution in [2.75, 3.05) is 6.54 Å². The summed E-state index contributed by atoms with van der Waals surface area (Å²) in [5.41, 5.74) is 2.12. The second-order valence-corrected chi connectivity index (χ2v) is 7.88. The highest BCUT2D eigenvalue weighted by molar-refractivity contribution is 6.68. The zero-order valence-corrected chi connectivity index (χ0v) is 15.4. The Bertz CT molecular complexity index is 630. The molecule has 0 fully saturated rings. The molecule has 128 valence electrons. The van der Waals surface area contributed by atoms with Crippen molar-refractivity contribution >= 4 is 40.7 Å². The number of quaternary nitrogens is 1. The van der Waals surface area contributed by atoms with Crippen molar-refractivity contribution < 1.29 is 10.1 Å². The van der Waals surface area contributed by atoms with Gasteiger partial charge in [0, 0.05) is 6.42 Å². The smallest absolute Gasteiger partial charge is 0.262 e. The lowest BCUT2D eigenvalue weighted by atomic mass is 10.1. The van der Waals surface area contributed by atoms with E-state index in [1.165, 1.54) is 5.56 Å². The predicted octanol–water partition coefficient (Wildman–Crippen LogP) is 2.85. The molecule has 6 heteroatoms. The van der Waals surface area contributed by atoms with Gasteiger partial charge in [-0.15, -0.1) is 0 Å². The van der Waals surface area contributed by atoms with Crippen LogP contribution < -0.4 is 10.6 Å². The van der Waals surface area contributed by atoms with Gasteiger partial charge >= 0.3 is 0 Å². The molecule has 2 aromatic rings. The van der Waals surface area contributed by atoms with Crippen LogP contribution in [0.2, 0.25) is 0 Å². The number of alkyl halides is 3. The number of carbonyl (C=O) groups is 1. The van der Waals surface area contributed by atoms with Crippen LogP contribution in [0.25, 0.3) is 0 Å². The van der Waals surface area contributed by atoms with Crippen LogP contribution in [0.3, 0.4) is 0 Å². The van der Waals surface area contributed by atoms with Gasteiger partial charge in [-0.2, -0.15) is 0 Å². The molecule has 2 rings (SSSR count). The molecule has 0 unspecified atom stereocenters. The number of nitrogens with two attached hydrogens (primary N) is 1. The van der Waals surface area contributed by atoms with Crippen molar-refractivity contribution in [2.24, 2.45) is 0 Å². The molecule has 1 amide bonds. The largest absolute Gasteiger partial charge is 0.323 e. The van der Waals surface area contributed by atoms with Gasteiger partial charge in [-0.1, -0.05) is 95.5 Å². The summed E-state index contributed by atoms with van der Waals surface area (Å²) < 4.78 is -1.58. The van der Waals surface area contributed by atoms with E-state index in [9.17, 15) is 4.79 Å². The summed E-state index contributed by atoms with van der Waals surface area (Å²) in [7, 11) is 0. The minimum Gasteiger partial charge on any atom is -0.323 e. The summed E-state index contributed by atoms with van der Waals surface area (Å²) in [4.78, 5) is 12.2. The maximum Gasteiger partial charge on any atom is 0.262 e. The zero-order valence-electron chi connectivity index (χ0n) is 13.1. The second kappa shape index (κ2) is 9.28.